The highest BCUT2D eigenvalue weighted by Gasteiger charge is 2.51. The zero-order valence-corrected chi connectivity index (χ0v) is 42.3. The number of halogens is 3. The minimum atomic E-state index is -4.82. The molecule has 0 unspecified atom stereocenters. The molecule has 2 N–H and O–H groups in total. The molecular weight excluding hydrogens is 970 g/mol. The molecule has 5 aromatic rings. The lowest BCUT2D eigenvalue weighted by Gasteiger charge is -2.35. The maximum Gasteiger partial charge on any atom is 0.417 e. The molecule has 0 aliphatic carbocycles. The van der Waals surface area contributed by atoms with Crippen molar-refractivity contribution < 1.29 is 51.7 Å². The van der Waals surface area contributed by atoms with Gasteiger partial charge in [-0.3, -0.25) is 24.1 Å². The van der Waals surface area contributed by atoms with Crippen LogP contribution in [0.4, 0.5) is 24.5 Å². The van der Waals surface area contributed by atoms with Crippen LogP contribution in [0.1, 0.15) is 80.2 Å². The highest BCUT2D eigenvalue weighted by Crippen LogP contribution is 2.40. The first-order valence-corrected chi connectivity index (χ1v) is 24.5. The summed E-state index contributed by atoms with van der Waals surface area (Å²) in [6.45, 7) is 11.2. The average molecular weight is 1030 g/mol. The van der Waals surface area contributed by atoms with Gasteiger partial charge in [-0.2, -0.15) is 18.4 Å². The van der Waals surface area contributed by atoms with E-state index in [2.05, 4.69) is 10.3 Å². The Balaban J connectivity index is 0.885. The van der Waals surface area contributed by atoms with Crippen molar-refractivity contribution in [3.63, 3.8) is 0 Å². The number of amides is 3. The summed E-state index contributed by atoms with van der Waals surface area (Å²) >= 11 is 7.20. The van der Waals surface area contributed by atoms with Crippen molar-refractivity contribution in [2.75, 3.05) is 42.8 Å². The minimum absolute atomic E-state index is 0.0308. The highest BCUT2D eigenvalue weighted by atomic mass is 32.1. The van der Waals surface area contributed by atoms with Crippen molar-refractivity contribution in [1.29, 1.82) is 5.26 Å². The van der Waals surface area contributed by atoms with Crippen LogP contribution in [0, 0.1) is 23.7 Å². The third-order valence-electron chi connectivity index (χ3n) is 12.5. The number of carbonyl (C=O) groups is 4. The van der Waals surface area contributed by atoms with E-state index in [-0.39, 0.29) is 73.7 Å². The van der Waals surface area contributed by atoms with Gasteiger partial charge < -0.3 is 34.4 Å². The summed E-state index contributed by atoms with van der Waals surface area (Å²) in [5.74, 6) is -0.980. The number of β-amino-alcohol motifs (C(OH)–C–C–N with tert-alkyl or cyclic N) is 1. The molecule has 19 heteroatoms. The van der Waals surface area contributed by atoms with Crippen LogP contribution in [0.3, 0.4) is 0 Å². The van der Waals surface area contributed by atoms with E-state index in [9.17, 15) is 42.7 Å². The zero-order valence-electron chi connectivity index (χ0n) is 40.6. The quantitative estimate of drug-likeness (QED) is 0.0632. The van der Waals surface area contributed by atoms with Crippen molar-refractivity contribution in [2.45, 2.75) is 90.7 Å². The van der Waals surface area contributed by atoms with Gasteiger partial charge in [0.2, 0.25) is 5.91 Å². The highest BCUT2D eigenvalue weighted by molar-refractivity contribution is 7.81. The molecule has 2 aliphatic heterocycles. The number of hydrogen-bond donors (Lipinski definition) is 2. The van der Waals surface area contributed by atoms with Gasteiger partial charge in [-0.25, -0.2) is 4.98 Å². The summed E-state index contributed by atoms with van der Waals surface area (Å²) in [6.07, 6.45) is -4.95. The molecular formula is C53H55F3N6O8S2. The first-order chi connectivity index (χ1) is 34.1. The summed E-state index contributed by atoms with van der Waals surface area (Å²) in [6, 6.07) is 23.9. The predicted molar refractivity (Wildman–Crippen MR) is 270 cm³/mol. The standard InChI is InChI=1S/C53H55F3N6O8S2/c1-32-45(72-31-58-32)34-14-11-33(12-15-34)13-22-43(64)42-28-38(63)30-60(42)48(66)46(51(2,3)4)59-47(65)40-9-7-8-10-44(40)70-26-24-68-23-25-69-39-20-18-36(19-21-39)62-50(71)61(49(67)52(62,5)6)37-17-16-35(29-57)41(27-37)53(54,55)56/h7-12,14-21,27,31,38,42,46,63H,13,22-26,28,30H2,1-6H3,(H,59,65)/t38-,42+,46-/m1/s1. The number of hydrogen-bond acceptors (Lipinski definition) is 12. The van der Waals surface area contributed by atoms with Crippen LogP contribution >= 0.6 is 23.6 Å². The number of Topliss-reactive ketones (excluding diaryl/α,β-unsaturated/α-hetero) is 1. The van der Waals surface area contributed by atoms with Gasteiger partial charge >= 0.3 is 6.18 Å². The number of nitriles is 1. The number of aliphatic hydroxyl groups is 1. The number of aryl methyl sites for hydroxylation is 2. The van der Waals surface area contributed by atoms with Crippen LogP contribution < -0.4 is 24.6 Å². The normalized spacial score (nSPS) is 17.2. The number of para-hydroxylation sites is 1. The first-order valence-electron chi connectivity index (χ1n) is 23.2. The number of alkyl halides is 3. The Morgan fingerprint density at radius 1 is 0.958 bits per heavy atom. The summed E-state index contributed by atoms with van der Waals surface area (Å²) < 4.78 is 58.8. The fourth-order valence-corrected chi connectivity index (χ4v) is 10.0. The smallest absolute Gasteiger partial charge is 0.417 e. The largest absolute Gasteiger partial charge is 0.491 e. The number of nitrogens with one attached hydrogen (secondary N) is 1. The SMILES string of the molecule is Cc1ncsc1-c1ccc(CCC(=O)[C@@H]2C[C@@H](O)CN2C(=O)[C@@H](NC(=O)c2ccccc2OCCOCCOc2ccc(N3C(=S)N(c4ccc(C#N)c(C(F)(F)F)c4)C(=O)C3(C)C)cc2)C(C)(C)C)cc1. The van der Waals surface area contributed by atoms with Crippen molar-refractivity contribution in [1.82, 2.24) is 15.2 Å². The van der Waals surface area contributed by atoms with Crippen molar-refractivity contribution in [3.05, 3.63) is 124 Å². The van der Waals surface area contributed by atoms with Crippen molar-refractivity contribution >= 4 is 63.5 Å². The fraction of sp³-hybridized carbons (Fsp3) is 0.377. The maximum absolute atomic E-state index is 14.3. The molecule has 3 atom stereocenters. The Bertz CT molecular complexity index is 2860. The van der Waals surface area contributed by atoms with E-state index in [1.54, 1.807) is 84.7 Å². The van der Waals surface area contributed by atoms with Crippen molar-refractivity contribution in [3.8, 4) is 28.0 Å². The second-order valence-corrected chi connectivity index (χ2v) is 20.3. The molecule has 0 bridgehead atoms. The molecule has 7 rings (SSSR count). The lowest BCUT2D eigenvalue weighted by Crippen LogP contribution is -2.56. The number of anilines is 2. The number of thiocarbonyl (C=S) groups is 1. The van der Waals surface area contributed by atoms with E-state index in [1.807, 2.05) is 57.5 Å². The van der Waals surface area contributed by atoms with Crippen LogP contribution in [0.15, 0.2) is 96.5 Å². The third kappa shape index (κ3) is 11.8. The number of nitrogens with zero attached hydrogens (tertiary/aromatic N) is 5. The fourth-order valence-electron chi connectivity index (χ4n) is 8.68. The number of carbonyl (C=O) groups excluding carboxylic acids is 4. The second kappa shape index (κ2) is 22.0. The minimum Gasteiger partial charge on any atom is -0.491 e. The molecule has 14 nitrogen and oxygen atoms in total. The monoisotopic (exact) mass is 1020 g/mol. The van der Waals surface area contributed by atoms with E-state index < -0.39 is 64.2 Å². The number of aromatic nitrogens is 1. The van der Waals surface area contributed by atoms with E-state index in [0.29, 0.717) is 17.9 Å². The Labute approximate surface area is 425 Å². The zero-order chi connectivity index (χ0) is 52.1. The molecule has 0 radical (unpaired) electrons. The molecule has 3 amide bonds. The Kier molecular flexibility index (Phi) is 16.2. The topological polar surface area (TPSA) is 175 Å². The van der Waals surface area contributed by atoms with Gasteiger partial charge in [0.1, 0.15) is 36.3 Å². The Morgan fingerprint density at radius 3 is 2.26 bits per heavy atom. The summed E-state index contributed by atoms with van der Waals surface area (Å²) in [5.41, 5.74) is 1.60. The molecule has 2 saturated heterocycles. The summed E-state index contributed by atoms with van der Waals surface area (Å²) in [4.78, 5) is 64.9. The van der Waals surface area contributed by atoms with Gasteiger partial charge in [0.05, 0.1) is 69.9 Å². The van der Waals surface area contributed by atoms with Crippen LogP contribution in [0.25, 0.3) is 10.4 Å². The van der Waals surface area contributed by atoms with Crippen LogP contribution in [-0.4, -0.2) is 100 Å². The number of benzene rings is 4. The lowest BCUT2D eigenvalue weighted by atomic mass is 9.85. The average Bonchev–Trinajstić information content (AvgIpc) is 4.01. The number of aliphatic hydroxyl groups excluding tert-OH is 1. The van der Waals surface area contributed by atoms with Gasteiger partial charge in [-0.1, -0.05) is 57.2 Å². The van der Waals surface area contributed by atoms with E-state index in [1.165, 1.54) is 11.0 Å². The van der Waals surface area contributed by atoms with Gasteiger partial charge in [0.15, 0.2) is 10.9 Å². The molecule has 72 heavy (non-hydrogen) atoms. The molecule has 0 spiro atoms. The number of likely N-dealkylation sites (tertiary alicyclic amines) is 1. The van der Waals surface area contributed by atoms with Gasteiger partial charge in [0, 0.05) is 25.1 Å². The molecule has 378 valence electrons. The number of ether oxygens (including phenoxy) is 3. The Hall–Kier alpha value is -6.72. The van der Waals surface area contributed by atoms with E-state index >= 15 is 0 Å². The molecule has 2 aliphatic rings. The molecule has 1 aromatic heterocycles. The van der Waals surface area contributed by atoms with Gasteiger partial charge in [-0.15, -0.1) is 11.3 Å². The molecule has 0 saturated carbocycles. The maximum atomic E-state index is 14.3. The predicted octanol–water partition coefficient (Wildman–Crippen LogP) is 8.71. The number of ketones is 1. The number of rotatable bonds is 18. The first kappa shape index (κ1) is 53.1. The van der Waals surface area contributed by atoms with Crippen LogP contribution in [0.5, 0.6) is 11.5 Å². The Morgan fingerprint density at radius 2 is 1.62 bits per heavy atom. The van der Waals surface area contributed by atoms with Crippen molar-refractivity contribution in [2.24, 2.45) is 5.41 Å². The van der Waals surface area contributed by atoms with E-state index in [4.69, 9.17) is 26.4 Å². The van der Waals surface area contributed by atoms with Gasteiger partial charge in [0.25, 0.3) is 11.8 Å². The molecule has 4 aromatic carbocycles. The van der Waals surface area contributed by atoms with Gasteiger partial charge in [-0.05, 0) is 111 Å². The summed E-state index contributed by atoms with van der Waals surface area (Å²) in [7, 11) is 0. The second-order valence-electron chi connectivity index (χ2n) is 19.1. The molecule has 2 fully saturated rings. The summed E-state index contributed by atoms with van der Waals surface area (Å²) in [5, 5.41) is 22.8. The van der Waals surface area contributed by atoms with E-state index in [0.717, 1.165) is 38.7 Å². The van der Waals surface area contributed by atoms with Crippen LogP contribution in [0.2, 0.25) is 0 Å². The lowest BCUT2D eigenvalue weighted by molar-refractivity contribution is -0.141. The number of thiazole rings is 1. The van der Waals surface area contributed by atoms with Crippen LogP contribution in [-0.2, 0) is 31.7 Å². The third-order valence-corrected chi connectivity index (χ3v) is 13.9. The molecule has 3 heterocycles.